The summed E-state index contributed by atoms with van der Waals surface area (Å²) in [6.07, 6.45) is 4.05. The standard InChI is InChI=1S/C25H27N3O2/c1-16(2)19-5-3-4-6-20(19)17-7-8-21-18(13-17)9-12-27-24(21)15-28-23-14-26-11-10-22(23)25(29)30/h3-8,10-11,13-14,16,24,27-28H,9,12,15H2,1-2H3,(H,29,30). The van der Waals surface area contributed by atoms with Crippen LogP contribution in [-0.2, 0) is 6.42 Å². The molecule has 0 saturated heterocycles. The van der Waals surface area contributed by atoms with Gasteiger partial charge in [-0.2, -0.15) is 0 Å². The second-order valence-electron chi connectivity index (χ2n) is 8.02. The fourth-order valence-corrected chi connectivity index (χ4v) is 4.20. The summed E-state index contributed by atoms with van der Waals surface area (Å²) in [5, 5.41) is 16.2. The van der Waals surface area contributed by atoms with E-state index < -0.39 is 5.97 Å². The third-order valence-corrected chi connectivity index (χ3v) is 5.75. The molecule has 3 aromatic rings. The second-order valence-corrected chi connectivity index (χ2v) is 8.02. The Morgan fingerprint density at radius 3 is 2.87 bits per heavy atom. The first-order valence-electron chi connectivity index (χ1n) is 10.4. The number of carboxylic acids is 1. The third kappa shape index (κ3) is 4.07. The first-order chi connectivity index (χ1) is 14.5. The molecule has 5 heteroatoms. The van der Waals surface area contributed by atoms with Crippen molar-refractivity contribution < 1.29 is 9.90 Å². The van der Waals surface area contributed by atoms with Gasteiger partial charge in [0, 0.05) is 18.8 Å². The lowest BCUT2D eigenvalue weighted by Gasteiger charge is -2.28. The molecule has 4 rings (SSSR count). The van der Waals surface area contributed by atoms with Crippen molar-refractivity contribution in [2.24, 2.45) is 0 Å². The quantitative estimate of drug-likeness (QED) is 0.550. The molecule has 5 nitrogen and oxygen atoms in total. The van der Waals surface area contributed by atoms with E-state index in [-0.39, 0.29) is 11.6 Å². The van der Waals surface area contributed by atoms with Crippen LogP contribution >= 0.6 is 0 Å². The number of rotatable bonds is 6. The highest BCUT2D eigenvalue weighted by atomic mass is 16.4. The van der Waals surface area contributed by atoms with Gasteiger partial charge in [0.15, 0.2) is 0 Å². The Labute approximate surface area is 177 Å². The summed E-state index contributed by atoms with van der Waals surface area (Å²) in [6, 6.07) is 17.0. The van der Waals surface area contributed by atoms with E-state index in [1.165, 1.54) is 40.1 Å². The first kappa shape index (κ1) is 20.1. The van der Waals surface area contributed by atoms with Crippen LogP contribution in [-0.4, -0.2) is 29.1 Å². The number of nitrogens with zero attached hydrogens (tertiary/aromatic N) is 1. The van der Waals surface area contributed by atoms with Crippen molar-refractivity contribution in [1.82, 2.24) is 10.3 Å². The van der Waals surface area contributed by atoms with Crippen molar-refractivity contribution in [3.05, 3.63) is 83.2 Å². The van der Waals surface area contributed by atoms with Crippen LogP contribution in [0.2, 0.25) is 0 Å². The third-order valence-electron chi connectivity index (χ3n) is 5.75. The molecule has 1 aliphatic rings. The summed E-state index contributed by atoms with van der Waals surface area (Å²) in [4.78, 5) is 15.5. The zero-order valence-electron chi connectivity index (χ0n) is 17.4. The lowest BCUT2D eigenvalue weighted by atomic mass is 9.87. The number of fused-ring (bicyclic) bond motifs is 1. The molecule has 1 aliphatic heterocycles. The maximum atomic E-state index is 11.4. The average Bonchev–Trinajstić information content (AvgIpc) is 2.77. The molecule has 0 spiro atoms. The van der Waals surface area contributed by atoms with Gasteiger partial charge in [-0.25, -0.2) is 4.79 Å². The van der Waals surface area contributed by atoms with Crippen molar-refractivity contribution in [1.29, 1.82) is 0 Å². The van der Waals surface area contributed by atoms with Crippen molar-refractivity contribution in [2.45, 2.75) is 32.2 Å². The predicted octanol–water partition coefficient (Wildman–Crippen LogP) is 4.87. The SMILES string of the molecule is CC(C)c1ccccc1-c1ccc2c(c1)CCNC2CNc1cnccc1C(=O)O. The summed E-state index contributed by atoms with van der Waals surface area (Å²) in [5.74, 6) is -0.482. The van der Waals surface area contributed by atoms with Gasteiger partial charge in [0.1, 0.15) is 0 Å². The van der Waals surface area contributed by atoms with E-state index in [2.05, 4.69) is 71.9 Å². The minimum atomic E-state index is -0.953. The largest absolute Gasteiger partial charge is 0.478 e. The van der Waals surface area contributed by atoms with Crippen LogP contribution in [0.3, 0.4) is 0 Å². The number of aromatic carboxylic acids is 1. The number of carboxylic acid groups (broad SMARTS) is 1. The fourth-order valence-electron chi connectivity index (χ4n) is 4.20. The molecule has 0 aliphatic carbocycles. The van der Waals surface area contributed by atoms with Gasteiger partial charge in [-0.3, -0.25) is 4.98 Å². The smallest absolute Gasteiger partial charge is 0.337 e. The van der Waals surface area contributed by atoms with Crippen molar-refractivity contribution >= 4 is 11.7 Å². The Morgan fingerprint density at radius 1 is 1.23 bits per heavy atom. The van der Waals surface area contributed by atoms with Crippen LogP contribution in [0.1, 0.15) is 52.9 Å². The molecule has 1 unspecified atom stereocenters. The van der Waals surface area contributed by atoms with Crippen LogP contribution in [0.4, 0.5) is 5.69 Å². The summed E-state index contributed by atoms with van der Waals surface area (Å²) >= 11 is 0. The highest BCUT2D eigenvalue weighted by molar-refractivity contribution is 5.93. The number of hydrogen-bond acceptors (Lipinski definition) is 4. The van der Waals surface area contributed by atoms with E-state index in [1.54, 1.807) is 6.20 Å². The summed E-state index contributed by atoms with van der Waals surface area (Å²) < 4.78 is 0. The Bertz CT molecular complexity index is 1060. The van der Waals surface area contributed by atoms with E-state index in [1.807, 2.05) is 0 Å². The molecular weight excluding hydrogens is 374 g/mol. The van der Waals surface area contributed by atoms with Crippen molar-refractivity contribution in [3.8, 4) is 11.1 Å². The number of benzene rings is 2. The monoisotopic (exact) mass is 401 g/mol. The van der Waals surface area contributed by atoms with Gasteiger partial charge in [0.25, 0.3) is 0 Å². The van der Waals surface area contributed by atoms with Crippen molar-refractivity contribution in [3.63, 3.8) is 0 Å². The van der Waals surface area contributed by atoms with Gasteiger partial charge in [-0.05, 0) is 52.8 Å². The molecule has 2 heterocycles. The number of hydrogen-bond donors (Lipinski definition) is 3. The molecule has 2 aromatic carbocycles. The second kappa shape index (κ2) is 8.67. The first-order valence-corrected chi connectivity index (χ1v) is 10.4. The normalized spacial score (nSPS) is 15.6. The summed E-state index contributed by atoms with van der Waals surface area (Å²) in [7, 11) is 0. The van der Waals surface area contributed by atoms with E-state index in [0.29, 0.717) is 18.2 Å². The molecule has 1 atom stereocenters. The highest BCUT2D eigenvalue weighted by Crippen LogP contribution is 2.33. The lowest BCUT2D eigenvalue weighted by Crippen LogP contribution is -2.34. The van der Waals surface area contributed by atoms with Gasteiger partial charge >= 0.3 is 5.97 Å². The van der Waals surface area contributed by atoms with Crippen molar-refractivity contribution in [2.75, 3.05) is 18.4 Å². The highest BCUT2D eigenvalue weighted by Gasteiger charge is 2.21. The molecule has 0 fully saturated rings. The minimum Gasteiger partial charge on any atom is -0.478 e. The summed E-state index contributed by atoms with van der Waals surface area (Å²) in [6.45, 7) is 5.95. The predicted molar refractivity (Wildman–Crippen MR) is 120 cm³/mol. The number of anilines is 1. The zero-order chi connectivity index (χ0) is 21.1. The van der Waals surface area contributed by atoms with Gasteiger partial charge in [0.2, 0.25) is 0 Å². The van der Waals surface area contributed by atoms with E-state index in [0.717, 1.165) is 13.0 Å². The van der Waals surface area contributed by atoms with E-state index >= 15 is 0 Å². The molecule has 30 heavy (non-hydrogen) atoms. The number of aromatic nitrogens is 1. The fraction of sp³-hybridized carbons (Fsp3) is 0.280. The Morgan fingerprint density at radius 2 is 2.07 bits per heavy atom. The minimum absolute atomic E-state index is 0.116. The molecule has 154 valence electrons. The molecular formula is C25H27N3O2. The summed E-state index contributed by atoms with van der Waals surface area (Å²) in [5.41, 5.74) is 7.31. The molecule has 0 radical (unpaired) electrons. The Balaban J connectivity index is 1.58. The molecule has 0 amide bonds. The molecule has 1 aromatic heterocycles. The average molecular weight is 402 g/mol. The number of pyridine rings is 1. The Hall–Kier alpha value is -3.18. The maximum Gasteiger partial charge on any atom is 0.337 e. The van der Waals surface area contributed by atoms with Crippen LogP contribution < -0.4 is 10.6 Å². The van der Waals surface area contributed by atoms with E-state index in [4.69, 9.17) is 0 Å². The molecule has 3 N–H and O–H groups in total. The zero-order valence-corrected chi connectivity index (χ0v) is 17.4. The maximum absolute atomic E-state index is 11.4. The van der Waals surface area contributed by atoms with Crippen LogP contribution in [0.15, 0.2) is 60.9 Å². The van der Waals surface area contributed by atoms with Crippen LogP contribution in [0.5, 0.6) is 0 Å². The number of nitrogens with one attached hydrogen (secondary N) is 2. The van der Waals surface area contributed by atoms with Gasteiger partial charge in [-0.1, -0.05) is 56.3 Å². The van der Waals surface area contributed by atoms with Gasteiger partial charge in [-0.15, -0.1) is 0 Å². The van der Waals surface area contributed by atoms with Gasteiger partial charge in [0.05, 0.1) is 17.4 Å². The molecule has 0 bridgehead atoms. The lowest BCUT2D eigenvalue weighted by molar-refractivity contribution is 0.0697. The topological polar surface area (TPSA) is 74.2 Å². The Kier molecular flexibility index (Phi) is 5.81. The number of carbonyl (C=O) groups is 1. The van der Waals surface area contributed by atoms with Crippen LogP contribution in [0.25, 0.3) is 11.1 Å². The van der Waals surface area contributed by atoms with E-state index in [9.17, 15) is 9.90 Å². The molecule has 0 saturated carbocycles. The van der Waals surface area contributed by atoms with Gasteiger partial charge < -0.3 is 15.7 Å². The van der Waals surface area contributed by atoms with Crippen LogP contribution in [0, 0.1) is 0 Å².